The molecule has 8 nitrogen and oxygen atoms in total. The number of benzene rings is 1. The van der Waals surface area contributed by atoms with Gasteiger partial charge in [0.2, 0.25) is 0 Å². The number of carbonyl (C=O) groups excluding carboxylic acids is 1. The van der Waals surface area contributed by atoms with E-state index in [0.717, 1.165) is 4.57 Å². The maximum atomic E-state index is 13.5. The van der Waals surface area contributed by atoms with Crippen molar-refractivity contribution in [2.45, 2.75) is 5.16 Å². The van der Waals surface area contributed by atoms with Crippen molar-refractivity contribution in [3.8, 4) is 0 Å². The number of aryl methyl sites for hydroxylation is 1. The SMILES string of the molecule is Cn1c(=O)c2[nH]c(SCCNC(=O)c3ccccc3F)nc2n(C)c1=O. The number of rotatable bonds is 5. The summed E-state index contributed by atoms with van der Waals surface area (Å²) in [5, 5.41) is 3.08. The number of aromatic amines is 1. The number of nitrogens with zero attached hydrogens (tertiary/aromatic N) is 3. The molecule has 1 amide bonds. The first-order chi connectivity index (χ1) is 12.4. The van der Waals surface area contributed by atoms with E-state index in [9.17, 15) is 18.8 Å². The quantitative estimate of drug-likeness (QED) is 0.501. The molecule has 136 valence electrons. The van der Waals surface area contributed by atoms with Gasteiger partial charge in [0.25, 0.3) is 11.5 Å². The van der Waals surface area contributed by atoms with Gasteiger partial charge in [0, 0.05) is 26.4 Å². The Morgan fingerprint density at radius 1 is 1.27 bits per heavy atom. The van der Waals surface area contributed by atoms with Gasteiger partial charge in [-0.25, -0.2) is 14.2 Å². The lowest BCUT2D eigenvalue weighted by Gasteiger charge is -2.05. The number of H-pyrrole nitrogens is 1. The van der Waals surface area contributed by atoms with Crippen LogP contribution < -0.4 is 16.6 Å². The molecule has 0 aliphatic rings. The van der Waals surface area contributed by atoms with Crippen molar-refractivity contribution in [1.29, 1.82) is 0 Å². The molecule has 2 heterocycles. The topological polar surface area (TPSA) is 102 Å². The van der Waals surface area contributed by atoms with Gasteiger partial charge in [-0.1, -0.05) is 23.9 Å². The van der Waals surface area contributed by atoms with Crippen molar-refractivity contribution >= 4 is 28.8 Å². The molecule has 0 radical (unpaired) electrons. The molecule has 1 aromatic carbocycles. The molecule has 3 aromatic rings. The van der Waals surface area contributed by atoms with E-state index in [1.54, 1.807) is 6.07 Å². The van der Waals surface area contributed by atoms with Crippen LogP contribution in [0.3, 0.4) is 0 Å². The highest BCUT2D eigenvalue weighted by molar-refractivity contribution is 7.99. The minimum atomic E-state index is -0.577. The van der Waals surface area contributed by atoms with E-state index in [1.165, 1.54) is 48.6 Å². The van der Waals surface area contributed by atoms with E-state index in [1.807, 2.05) is 0 Å². The molecule has 0 aliphatic carbocycles. The van der Waals surface area contributed by atoms with Crippen molar-refractivity contribution in [3.63, 3.8) is 0 Å². The minimum Gasteiger partial charge on any atom is -0.351 e. The fourth-order valence-electron chi connectivity index (χ4n) is 2.43. The first kappa shape index (κ1) is 17.9. The van der Waals surface area contributed by atoms with Crippen LogP contribution in [0.25, 0.3) is 11.2 Å². The maximum Gasteiger partial charge on any atom is 0.332 e. The summed E-state index contributed by atoms with van der Waals surface area (Å²) in [6.07, 6.45) is 0. The van der Waals surface area contributed by atoms with E-state index in [4.69, 9.17) is 0 Å². The van der Waals surface area contributed by atoms with E-state index < -0.39 is 23.0 Å². The second-order valence-corrected chi connectivity index (χ2v) is 6.61. The smallest absolute Gasteiger partial charge is 0.332 e. The fourth-order valence-corrected chi connectivity index (χ4v) is 3.15. The van der Waals surface area contributed by atoms with Crippen molar-refractivity contribution in [1.82, 2.24) is 24.4 Å². The van der Waals surface area contributed by atoms with Gasteiger partial charge in [-0.15, -0.1) is 0 Å². The molecule has 0 spiro atoms. The second kappa shape index (κ2) is 7.16. The number of aromatic nitrogens is 4. The predicted molar refractivity (Wildman–Crippen MR) is 96.0 cm³/mol. The molecule has 0 fully saturated rings. The third kappa shape index (κ3) is 3.27. The van der Waals surface area contributed by atoms with Crippen LogP contribution in [0.5, 0.6) is 0 Å². The Morgan fingerprint density at radius 2 is 2.00 bits per heavy atom. The van der Waals surface area contributed by atoms with Crippen LogP contribution >= 0.6 is 11.8 Å². The molecule has 0 unspecified atom stereocenters. The van der Waals surface area contributed by atoms with Gasteiger partial charge in [-0.3, -0.25) is 18.7 Å². The Balaban J connectivity index is 1.66. The van der Waals surface area contributed by atoms with E-state index in [-0.39, 0.29) is 23.3 Å². The molecule has 0 saturated heterocycles. The molecule has 0 atom stereocenters. The van der Waals surface area contributed by atoms with Crippen LogP contribution in [0.1, 0.15) is 10.4 Å². The Labute approximate surface area is 151 Å². The second-order valence-electron chi connectivity index (χ2n) is 5.53. The Morgan fingerprint density at radius 3 is 2.73 bits per heavy atom. The molecular formula is C16H16FN5O3S. The number of thioether (sulfide) groups is 1. The van der Waals surface area contributed by atoms with Crippen molar-refractivity contribution < 1.29 is 9.18 Å². The minimum absolute atomic E-state index is 0.0141. The average molecular weight is 377 g/mol. The molecular weight excluding hydrogens is 361 g/mol. The number of hydrogen-bond donors (Lipinski definition) is 2. The van der Waals surface area contributed by atoms with Gasteiger partial charge in [0.1, 0.15) is 5.82 Å². The standard InChI is InChI=1S/C16H16FN5O3S/c1-21-12-11(14(24)22(2)16(21)25)19-15(20-12)26-8-7-18-13(23)9-5-3-4-6-10(9)17/h3-6H,7-8H2,1-2H3,(H,18,23)(H,19,20). The summed E-state index contributed by atoms with van der Waals surface area (Å²) in [5.74, 6) is -0.620. The zero-order valence-electron chi connectivity index (χ0n) is 14.1. The zero-order valence-corrected chi connectivity index (χ0v) is 14.9. The zero-order chi connectivity index (χ0) is 18.8. The Kier molecular flexibility index (Phi) is 4.94. The molecule has 0 bridgehead atoms. The number of imidazole rings is 1. The van der Waals surface area contributed by atoms with Gasteiger partial charge >= 0.3 is 5.69 Å². The molecule has 0 aliphatic heterocycles. The third-order valence-corrected chi connectivity index (χ3v) is 4.69. The summed E-state index contributed by atoms with van der Waals surface area (Å²) >= 11 is 1.28. The van der Waals surface area contributed by atoms with Crippen molar-refractivity contribution in [3.05, 3.63) is 56.5 Å². The number of fused-ring (bicyclic) bond motifs is 1. The molecule has 2 N–H and O–H groups in total. The number of nitrogens with one attached hydrogen (secondary N) is 2. The van der Waals surface area contributed by atoms with Gasteiger partial charge in [-0.05, 0) is 12.1 Å². The average Bonchev–Trinajstić information content (AvgIpc) is 3.06. The van der Waals surface area contributed by atoms with Gasteiger partial charge in [-0.2, -0.15) is 0 Å². The predicted octanol–water partition coefficient (Wildman–Crippen LogP) is 0.621. The number of carbonyl (C=O) groups is 1. The molecule has 0 saturated carbocycles. The first-order valence-corrected chi connectivity index (χ1v) is 8.70. The van der Waals surface area contributed by atoms with E-state index in [2.05, 4.69) is 15.3 Å². The van der Waals surface area contributed by atoms with Crippen LogP contribution in [-0.4, -0.2) is 37.3 Å². The van der Waals surface area contributed by atoms with Gasteiger partial charge in [0.05, 0.1) is 5.56 Å². The summed E-state index contributed by atoms with van der Waals surface area (Å²) in [6, 6.07) is 5.74. The molecule has 3 rings (SSSR count). The molecule has 2 aromatic heterocycles. The lowest BCUT2D eigenvalue weighted by molar-refractivity contribution is 0.0952. The third-order valence-electron chi connectivity index (χ3n) is 3.82. The van der Waals surface area contributed by atoms with Crippen molar-refractivity contribution in [2.75, 3.05) is 12.3 Å². The lowest BCUT2D eigenvalue weighted by atomic mass is 10.2. The van der Waals surface area contributed by atoms with Crippen LogP contribution in [0.2, 0.25) is 0 Å². The van der Waals surface area contributed by atoms with E-state index >= 15 is 0 Å². The van der Waals surface area contributed by atoms with Gasteiger partial charge in [0.15, 0.2) is 16.3 Å². The first-order valence-electron chi connectivity index (χ1n) is 7.71. The largest absolute Gasteiger partial charge is 0.351 e. The fraction of sp³-hybridized carbons (Fsp3) is 0.250. The maximum absolute atomic E-state index is 13.5. The summed E-state index contributed by atoms with van der Waals surface area (Å²) in [4.78, 5) is 43.0. The highest BCUT2D eigenvalue weighted by atomic mass is 32.2. The van der Waals surface area contributed by atoms with Crippen LogP contribution in [0.15, 0.2) is 39.0 Å². The number of halogens is 1. The van der Waals surface area contributed by atoms with Crippen LogP contribution in [0.4, 0.5) is 4.39 Å². The van der Waals surface area contributed by atoms with Crippen LogP contribution in [-0.2, 0) is 14.1 Å². The van der Waals surface area contributed by atoms with Crippen molar-refractivity contribution in [2.24, 2.45) is 14.1 Å². The number of hydrogen-bond acceptors (Lipinski definition) is 5. The number of amides is 1. The monoisotopic (exact) mass is 377 g/mol. The summed E-state index contributed by atoms with van der Waals surface area (Å²) in [7, 11) is 2.93. The van der Waals surface area contributed by atoms with Gasteiger partial charge < -0.3 is 10.3 Å². The Bertz CT molecular complexity index is 1100. The molecule has 26 heavy (non-hydrogen) atoms. The molecule has 10 heteroatoms. The Hall–Kier alpha value is -2.88. The summed E-state index contributed by atoms with van der Waals surface area (Å²) in [6.45, 7) is 0.284. The summed E-state index contributed by atoms with van der Waals surface area (Å²) < 4.78 is 15.8. The lowest BCUT2D eigenvalue weighted by Crippen LogP contribution is -2.36. The van der Waals surface area contributed by atoms with Crippen LogP contribution in [0, 0.1) is 5.82 Å². The normalized spacial score (nSPS) is 11.0. The van der Waals surface area contributed by atoms with E-state index in [0.29, 0.717) is 10.9 Å². The summed E-state index contributed by atoms with van der Waals surface area (Å²) in [5.41, 5.74) is -0.402. The highest BCUT2D eigenvalue weighted by Gasteiger charge is 2.14. The highest BCUT2D eigenvalue weighted by Crippen LogP contribution is 2.16.